The number of nitrogens with one attached hydrogen (secondary N) is 1. The van der Waals surface area contributed by atoms with Crippen LogP contribution in [0.25, 0.3) is 10.9 Å². The molecule has 0 aliphatic carbocycles. The van der Waals surface area contributed by atoms with Gasteiger partial charge in [0.1, 0.15) is 6.54 Å². The summed E-state index contributed by atoms with van der Waals surface area (Å²) in [6.45, 7) is 6.56. The lowest BCUT2D eigenvalue weighted by molar-refractivity contribution is -0.122. The highest BCUT2D eigenvalue weighted by molar-refractivity contribution is 5.86. The molecule has 1 atom stereocenters. The molecule has 0 aliphatic heterocycles. The quantitative estimate of drug-likeness (QED) is 0.858. The molecule has 0 fully saturated rings. The second kappa shape index (κ2) is 6.76. The highest BCUT2D eigenvalue weighted by Crippen LogP contribution is 2.20. The van der Waals surface area contributed by atoms with Gasteiger partial charge in [-0.2, -0.15) is 0 Å². The molecule has 1 unspecified atom stereocenters. The molecule has 0 spiro atoms. The summed E-state index contributed by atoms with van der Waals surface area (Å²) in [6.07, 6.45) is 2.61. The summed E-state index contributed by atoms with van der Waals surface area (Å²) in [5, 5.41) is 13.3. The van der Waals surface area contributed by atoms with Gasteiger partial charge in [-0.25, -0.2) is 0 Å². The first kappa shape index (κ1) is 15.6. The minimum atomic E-state index is -0.0112. The normalized spacial score (nSPS) is 12.8. The van der Waals surface area contributed by atoms with Crippen molar-refractivity contribution in [3.8, 4) is 0 Å². The van der Waals surface area contributed by atoms with Crippen molar-refractivity contribution in [1.29, 1.82) is 0 Å². The van der Waals surface area contributed by atoms with E-state index in [0.29, 0.717) is 18.9 Å². The van der Waals surface area contributed by atoms with Gasteiger partial charge in [-0.3, -0.25) is 4.79 Å². The first-order valence-corrected chi connectivity index (χ1v) is 7.47. The Kier molecular flexibility index (Phi) is 5.02. The average Bonchev–Trinajstić information content (AvgIpc) is 2.75. The Morgan fingerprint density at radius 3 is 2.71 bits per heavy atom. The lowest BCUT2D eigenvalue weighted by Crippen LogP contribution is -2.40. The van der Waals surface area contributed by atoms with Crippen molar-refractivity contribution < 1.29 is 9.90 Å². The molecule has 2 rings (SSSR count). The van der Waals surface area contributed by atoms with Gasteiger partial charge in [0.15, 0.2) is 0 Å². The third kappa shape index (κ3) is 3.64. The first-order chi connectivity index (χ1) is 10.0. The topological polar surface area (TPSA) is 54.3 Å². The Labute approximate surface area is 125 Å². The van der Waals surface area contributed by atoms with Crippen molar-refractivity contribution >= 4 is 16.8 Å². The number of aliphatic hydroxyl groups is 1. The van der Waals surface area contributed by atoms with Gasteiger partial charge in [0.2, 0.25) is 5.91 Å². The molecule has 4 nitrogen and oxygen atoms in total. The van der Waals surface area contributed by atoms with Gasteiger partial charge in [-0.1, -0.05) is 32.0 Å². The largest absolute Gasteiger partial charge is 0.396 e. The fourth-order valence-electron chi connectivity index (χ4n) is 2.68. The molecular formula is C17H24N2O2. The van der Waals surface area contributed by atoms with Gasteiger partial charge in [0, 0.05) is 29.7 Å². The number of hydrogen-bond donors (Lipinski definition) is 2. The second-order valence-electron chi connectivity index (χ2n) is 5.89. The van der Waals surface area contributed by atoms with Crippen LogP contribution in [0.5, 0.6) is 0 Å². The number of aromatic nitrogens is 1. The highest BCUT2D eigenvalue weighted by Gasteiger charge is 2.16. The number of carbonyl (C=O) groups is 1. The number of para-hydroxylation sites is 1. The number of fused-ring (bicyclic) bond motifs is 1. The van der Waals surface area contributed by atoms with Crippen LogP contribution in [0.3, 0.4) is 0 Å². The molecule has 1 aromatic heterocycles. The monoisotopic (exact) mass is 288 g/mol. The van der Waals surface area contributed by atoms with E-state index in [1.54, 1.807) is 0 Å². The summed E-state index contributed by atoms with van der Waals surface area (Å²) in [4.78, 5) is 12.2. The molecular weight excluding hydrogens is 264 g/mol. The molecule has 0 saturated heterocycles. The van der Waals surface area contributed by atoms with Crippen molar-refractivity contribution in [3.63, 3.8) is 0 Å². The Morgan fingerprint density at radius 1 is 1.33 bits per heavy atom. The van der Waals surface area contributed by atoms with Crippen LogP contribution in [-0.4, -0.2) is 28.2 Å². The van der Waals surface area contributed by atoms with Gasteiger partial charge in [-0.15, -0.1) is 0 Å². The van der Waals surface area contributed by atoms with Gasteiger partial charge >= 0.3 is 0 Å². The predicted octanol–water partition coefficient (Wildman–Crippen LogP) is 2.47. The molecule has 1 heterocycles. The van der Waals surface area contributed by atoms with Crippen LogP contribution in [0.2, 0.25) is 0 Å². The minimum Gasteiger partial charge on any atom is -0.396 e. The Balaban J connectivity index is 2.11. The van der Waals surface area contributed by atoms with E-state index in [9.17, 15) is 4.79 Å². The number of carbonyl (C=O) groups excluding carboxylic acids is 1. The molecule has 21 heavy (non-hydrogen) atoms. The number of aliphatic hydroxyl groups excluding tert-OH is 1. The molecule has 2 N–H and O–H groups in total. The lowest BCUT2D eigenvalue weighted by atomic mass is 10.0. The zero-order chi connectivity index (χ0) is 15.4. The van der Waals surface area contributed by atoms with Crippen molar-refractivity contribution in [2.75, 3.05) is 6.61 Å². The van der Waals surface area contributed by atoms with E-state index in [-0.39, 0.29) is 18.6 Å². The van der Waals surface area contributed by atoms with Gasteiger partial charge < -0.3 is 15.0 Å². The van der Waals surface area contributed by atoms with Crippen LogP contribution >= 0.6 is 0 Å². The molecule has 2 aromatic rings. The second-order valence-corrected chi connectivity index (χ2v) is 5.89. The van der Waals surface area contributed by atoms with Crippen LogP contribution in [0.15, 0.2) is 30.5 Å². The Bertz CT molecular complexity index is 616. The Hall–Kier alpha value is -1.81. The van der Waals surface area contributed by atoms with Gasteiger partial charge in [-0.05, 0) is 30.9 Å². The summed E-state index contributed by atoms with van der Waals surface area (Å²) in [5.41, 5.74) is 2.25. The van der Waals surface area contributed by atoms with Crippen molar-refractivity contribution in [1.82, 2.24) is 9.88 Å². The number of rotatable bonds is 6. The van der Waals surface area contributed by atoms with Crippen molar-refractivity contribution in [3.05, 3.63) is 36.0 Å². The molecule has 0 aliphatic rings. The smallest absolute Gasteiger partial charge is 0.240 e. The third-order valence-corrected chi connectivity index (χ3v) is 3.89. The molecule has 0 saturated carbocycles. The molecule has 1 aromatic carbocycles. The van der Waals surface area contributed by atoms with Crippen LogP contribution < -0.4 is 5.32 Å². The zero-order valence-corrected chi connectivity index (χ0v) is 13.0. The molecule has 114 valence electrons. The molecule has 1 amide bonds. The summed E-state index contributed by atoms with van der Waals surface area (Å²) in [7, 11) is 0. The fraction of sp³-hybridized carbons (Fsp3) is 0.471. The first-order valence-electron chi connectivity index (χ1n) is 7.47. The third-order valence-electron chi connectivity index (χ3n) is 3.89. The maximum atomic E-state index is 12.2. The molecule has 0 radical (unpaired) electrons. The van der Waals surface area contributed by atoms with E-state index in [0.717, 1.165) is 5.52 Å². The van der Waals surface area contributed by atoms with Crippen LogP contribution in [-0.2, 0) is 11.3 Å². The minimum absolute atomic E-state index is 0.0112. The number of nitrogens with zero attached hydrogens (tertiary/aromatic N) is 1. The molecule has 0 bridgehead atoms. The average molecular weight is 288 g/mol. The van der Waals surface area contributed by atoms with E-state index in [2.05, 4.69) is 32.2 Å². The summed E-state index contributed by atoms with van der Waals surface area (Å²) in [6, 6.07) is 8.12. The number of benzene rings is 1. The lowest BCUT2D eigenvalue weighted by Gasteiger charge is -2.21. The van der Waals surface area contributed by atoms with Gasteiger partial charge in [0.25, 0.3) is 0 Å². The summed E-state index contributed by atoms with van der Waals surface area (Å²) >= 11 is 0. The van der Waals surface area contributed by atoms with Gasteiger partial charge in [0.05, 0.1) is 0 Å². The van der Waals surface area contributed by atoms with E-state index in [1.807, 2.05) is 29.0 Å². The standard InChI is InChI=1S/C17H24N2O2/c1-12(2)15(8-9-20)18-17(21)11-19-10-13(3)14-6-4-5-7-16(14)19/h4-7,10,12,15,20H,8-9,11H2,1-3H3,(H,18,21). The van der Waals surface area contributed by atoms with Crippen LogP contribution in [0.1, 0.15) is 25.8 Å². The SMILES string of the molecule is Cc1cn(CC(=O)NC(CCO)C(C)C)c2ccccc12. The number of hydrogen-bond acceptors (Lipinski definition) is 2. The van der Waals surface area contributed by atoms with Crippen LogP contribution in [0, 0.1) is 12.8 Å². The zero-order valence-electron chi connectivity index (χ0n) is 13.0. The van der Waals surface area contributed by atoms with E-state index < -0.39 is 0 Å². The fourth-order valence-corrected chi connectivity index (χ4v) is 2.68. The number of aryl methyl sites for hydroxylation is 1. The summed E-state index contributed by atoms with van der Waals surface area (Å²) in [5.74, 6) is 0.298. The Morgan fingerprint density at radius 2 is 2.05 bits per heavy atom. The number of amides is 1. The van der Waals surface area contributed by atoms with E-state index in [1.165, 1.54) is 10.9 Å². The highest BCUT2D eigenvalue weighted by atomic mass is 16.3. The van der Waals surface area contributed by atoms with Crippen molar-refractivity contribution in [2.45, 2.75) is 39.8 Å². The van der Waals surface area contributed by atoms with Crippen LogP contribution in [0.4, 0.5) is 0 Å². The predicted molar refractivity (Wildman–Crippen MR) is 85.1 cm³/mol. The maximum Gasteiger partial charge on any atom is 0.240 e. The molecule has 4 heteroatoms. The summed E-state index contributed by atoms with van der Waals surface area (Å²) < 4.78 is 1.98. The van der Waals surface area contributed by atoms with Crippen molar-refractivity contribution in [2.24, 2.45) is 5.92 Å². The maximum absolute atomic E-state index is 12.2. The van der Waals surface area contributed by atoms with E-state index >= 15 is 0 Å². The van der Waals surface area contributed by atoms with E-state index in [4.69, 9.17) is 5.11 Å².